The third-order valence-corrected chi connectivity index (χ3v) is 11.1. The van der Waals surface area contributed by atoms with Crippen LogP contribution in [0.3, 0.4) is 0 Å². The van der Waals surface area contributed by atoms with E-state index in [4.69, 9.17) is 19.4 Å². The molecule has 244 valence electrons. The molecule has 0 spiro atoms. The molecule has 0 saturated heterocycles. The lowest BCUT2D eigenvalue weighted by Gasteiger charge is -2.21. The van der Waals surface area contributed by atoms with Crippen LogP contribution in [0.4, 0.5) is 0 Å². The first kappa shape index (κ1) is 29.1. The Labute approximate surface area is 300 Å². The van der Waals surface area contributed by atoms with Gasteiger partial charge in [0, 0.05) is 38.3 Å². The van der Waals surface area contributed by atoms with Gasteiger partial charge in [0.2, 0.25) is 0 Å². The van der Waals surface area contributed by atoms with Crippen LogP contribution in [0.25, 0.3) is 99.5 Å². The first-order valence-electron chi connectivity index (χ1n) is 17.8. The topological polar surface area (TPSA) is 51.8 Å². The second kappa shape index (κ2) is 10.7. The van der Waals surface area contributed by atoms with Gasteiger partial charge < -0.3 is 4.42 Å². The van der Waals surface area contributed by atoms with Crippen LogP contribution in [0.5, 0.6) is 0 Å². The molecule has 4 nitrogen and oxygen atoms in total. The third-order valence-electron chi connectivity index (χ3n) is 11.1. The number of furan rings is 1. The van der Waals surface area contributed by atoms with Gasteiger partial charge in [-0.3, -0.25) is 0 Å². The van der Waals surface area contributed by atoms with Gasteiger partial charge in [0.05, 0.1) is 0 Å². The van der Waals surface area contributed by atoms with Crippen LogP contribution in [0.1, 0.15) is 25.0 Å². The number of para-hydroxylation sites is 1. The van der Waals surface area contributed by atoms with E-state index in [1.165, 1.54) is 22.3 Å². The zero-order chi connectivity index (χ0) is 34.6. The van der Waals surface area contributed by atoms with E-state index in [-0.39, 0.29) is 5.41 Å². The summed E-state index contributed by atoms with van der Waals surface area (Å²) in [6.45, 7) is 4.61. The average molecular weight is 666 g/mol. The summed E-state index contributed by atoms with van der Waals surface area (Å²) in [4.78, 5) is 15.4. The molecular formula is C48H31N3O. The van der Waals surface area contributed by atoms with Crippen molar-refractivity contribution in [2.24, 2.45) is 0 Å². The van der Waals surface area contributed by atoms with Crippen molar-refractivity contribution < 1.29 is 4.42 Å². The molecule has 0 amide bonds. The monoisotopic (exact) mass is 665 g/mol. The highest BCUT2D eigenvalue weighted by Gasteiger charge is 2.35. The number of benzene rings is 8. The Hall–Kier alpha value is -6.65. The maximum Gasteiger partial charge on any atom is 0.164 e. The normalized spacial score (nSPS) is 13.3. The number of rotatable bonds is 3. The minimum Gasteiger partial charge on any atom is -0.455 e. The van der Waals surface area contributed by atoms with E-state index in [2.05, 4.69) is 135 Å². The number of fused-ring (bicyclic) bond motifs is 13. The van der Waals surface area contributed by atoms with Gasteiger partial charge in [0.15, 0.2) is 17.5 Å². The molecule has 0 radical (unpaired) electrons. The van der Waals surface area contributed by atoms with Crippen LogP contribution < -0.4 is 0 Å². The lowest BCUT2D eigenvalue weighted by molar-refractivity contribution is 0.660. The lowest BCUT2D eigenvalue weighted by Crippen LogP contribution is -2.15. The summed E-state index contributed by atoms with van der Waals surface area (Å²) in [5, 5.41) is 9.21. The van der Waals surface area contributed by atoms with E-state index in [1.807, 2.05) is 30.3 Å². The van der Waals surface area contributed by atoms with E-state index < -0.39 is 0 Å². The van der Waals surface area contributed by atoms with Gasteiger partial charge in [0.1, 0.15) is 11.2 Å². The van der Waals surface area contributed by atoms with Crippen LogP contribution in [0.15, 0.2) is 156 Å². The van der Waals surface area contributed by atoms with Crippen molar-refractivity contribution in [2.75, 3.05) is 0 Å². The smallest absolute Gasteiger partial charge is 0.164 e. The summed E-state index contributed by atoms with van der Waals surface area (Å²) in [5.74, 6) is 1.96. The summed E-state index contributed by atoms with van der Waals surface area (Å²) >= 11 is 0. The largest absolute Gasteiger partial charge is 0.455 e. The summed E-state index contributed by atoms with van der Waals surface area (Å²) in [5.41, 5.74) is 9.78. The Bertz CT molecular complexity index is 3080. The molecule has 1 aliphatic rings. The molecule has 2 heterocycles. The minimum absolute atomic E-state index is 0.129. The number of nitrogens with zero attached hydrogens (tertiary/aromatic N) is 3. The van der Waals surface area contributed by atoms with Crippen LogP contribution in [0.2, 0.25) is 0 Å². The summed E-state index contributed by atoms with van der Waals surface area (Å²) < 4.78 is 6.56. The molecule has 0 atom stereocenters. The second-order valence-corrected chi connectivity index (χ2v) is 14.4. The SMILES string of the molecule is CC1(C)c2ccccc2-c2ccc(-c3nc(-c4ccccc4)nc(-c4ccc5c(c4)c4ccccc4c4c5ccc5c6ccccc6oc54)n3)cc21. The number of hydrogen-bond donors (Lipinski definition) is 0. The summed E-state index contributed by atoms with van der Waals surface area (Å²) in [6, 6.07) is 53.6. The van der Waals surface area contributed by atoms with Gasteiger partial charge in [-0.1, -0.05) is 141 Å². The summed E-state index contributed by atoms with van der Waals surface area (Å²) in [6.07, 6.45) is 0. The quantitative estimate of drug-likeness (QED) is 0.176. The molecule has 11 rings (SSSR count). The third kappa shape index (κ3) is 4.12. The van der Waals surface area contributed by atoms with Gasteiger partial charge in [0.25, 0.3) is 0 Å². The van der Waals surface area contributed by atoms with Crippen LogP contribution in [-0.2, 0) is 5.41 Å². The molecule has 52 heavy (non-hydrogen) atoms. The van der Waals surface area contributed by atoms with Crippen molar-refractivity contribution in [3.8, 4) is 45.3 Å². The highest BCUT2D eigenvalue weighted by atomic mass is 16.3. The van der Waals surface area contributed by atoms with E-state index in [1.54, 1.807) is 0 Å². The zero-order valence-corrected chi connectivity index (χ0v) is 28.7. The van der Waals surface area contributed by atoms with E-state index in [0.29, 0.717) is 17.5 Å². The van der Waals surface area contributed by atoms with E-state index >= 15 is 0 Å². The van der Waals surface area contributed by atoms with Crippen molar-refractivity contribution in [3.05, 3.63) is 163 Å². The van der Waals surface area contributed by atoms with Crippen molar-refractivity contribution in [1.29, 1.82) is 0 Å². The van der Waals surface area contributed by atoms with Crippen molar-refractivity contribution >= 4 is 54.3 Å². The van der Waals surface area contributed by atoms with E-state index in [9.17, 15) is 0 Å². The predicted molar refractivity (Wildman–Crippen MR) is 213 cm³/mol. The molecule has 8 aromatic carbocycles. The molecule has 4 heteroatoms. The molecule has 0 bridgehead atoms. The van der Waals surface area contributed by atoms with Crippen LogP contribution >= 0.6 is 0 Å². The lowest BCUT2D eigenvalue weighted by atomic mass is 9.82. The Kier molecular flexibility index (Phi) is 5.98. The molecule has 0 saturated carbocycles. The van der Waals surface area contributed by atoms with Crippen LogP contribution in [0, 0.1) is 0 Å². The molecule has 0 aliphatic heterocycles. The molecule has 0 N–H and O–H groups in total. The standard InChI is InChI=1S/C48H31N3O/c1-48(2)40-18-10-8-15-33(40)34-23-21-30(27-41(34)48)47-50-45(28-12-4-3-5-13-28)49-46(51-47)29-20-22-32-37-24-25-38-35-16-9-11-19-42(35)52-44(38)43(37)36-17-7-6-14-31(36)39(32)26-29/h3-27H,1-2H3. The minimum atomic E-state index is -0.129. The maximum atomic E-state index is 6.56. The molecule has 0 fully saturated rings. The average Bonchev–Trinajstić information content (AvgIpc) is 3.69. The maximum absolute atomic E-state index is 6.56. The molecule has 10 aromatic rings. The Balaban J connectivity index is 1.13. The van der Waals surface area contributed by atoms with Gasteiger partial charge >= 0.3 is 0 Å². The van der Waals surface area contributed by atoms with Gasteiger partial charge in [-0.25, -0.2) is 15.0 Å². The Morgan fingerprint density at radius 3 is 1.79 bits per heavy atom. The Morgan fingerprint density at radius 1 is 0.404 bits per heavy atom. The Morgan fingerprint density at radius 2 is 0.962 bits per heavy atom. The van der Waals surface area contributed by atoms with Crippen LogP contribution in [-0.4, -0.2) is 15.0 Å². The first-order valence-corrected chi connectivity index (χ1v) is 17.8. The van der Waals surface area contributed by atoms with Gasteiger partial charge in [-0.05, 0) is 73.5 Å². The zero-order valence-electron chi connectivity index (χ0n) is 28.7. The fraction of sp³-hybridized carbons (Fsp3) is 0.0625. The van der Waals surface area contributed by atoms with Crippen molar-refractivity contribution in [2.45, 2.75) is 19.3 Å². The van der Waals surface area contributed by atoms with Gasteiger partial charge in [-0.2, -0.15) is 0 Å². The van der Waals surface area contributed by atoms with Gasteiger partial charge in [-0.15, -0.1) is 0 Å². The number of hydrogen-bond acceptors (Lipinski definition) is 4. The predicted octanol–water partition coefficient (Wildman–Crippen LogP) is 12.5. The van der Waals surface area contributed by atoms with E-state index in [0.717, 1.165) is 70.9 Å². The van der Waals surface area contributed by atoms with Crippen molar-refractivity contribution in [1.82, 2.24) is 15.0 Å². The molecular weight excluding hydrogens is 635 g/mol. The van der Waals surface area contributed by atoms with Crippen molar-refractivity contribution in [3.63, 3.8) is 0 Å². The molecule has 0 unspecified atom stereocenters. The second-order valence-electron chi connectivity index (χ2n) is 14.4. The molecule has 2 aromatic heterocycles. The number of aromatic nitrogens is 3. The highest BCUT2D eigenvalue weighted by Crippen LogP contribution is 2.49. The highest BCUT2D eigenvalue weighted by molar-refractivity contribution is 6.32. The fourth-order valence-corrected chi connectivity index (χ4v) is 8.55. The first-order chi connectivity index (χ1) is 25.5. The fourth-order valence-electron chi connectivity index (χ4n) is 8.55. The molecule has 1 aliphatic carbocycles. The summed E-state index contributed by atoms with van der Waals surface area (Å²) in [7, 11) is 0.